The Morgan fingerprint density at radius 1 is 0.824 bits per heavy atom. The molecule has 3 aromatic carbocycles. The third-order valence-electron chi connectivity index (χ3n) is 5.62. The molecule has 0 radical (unpaired) electrons. The first kappa shape index (κ1) is 21.8. The minimum absolute atomic E-state index is 0.118. The van der Waals surface area contributed by atoms with Crippen molar-refractivity contribution >= 4 is 22.4 Å². The van der Waals surface area contributed by atoms with Gasteiger partial charge in [0.2, 0.25) is 0 Å². The zero-order valence-electron chi connectivity index (χ0n) is 18.9. The van der Waals surface area contributed by atoms with Crippen LogP contribution < -0.4 is 16.0 Å². The normalized spacial score (nSPS) is 11.9. The number of fused-ring (bicyclic) bond motifs is 2. The Morgan fingerprint density at radius 2 is 1.56 bits per heavy atom. The molecule has 1 heterocycles. The van der Waals surface area contributed by atoms with Gasteiger partial charge in [0, 0.05) is 24.5 Å². The van der Waals surface area contributed by atoms with Crippen molar-refractivity contribution in [3.05, 3.63) is 102 Å². The van der Waals surface area contributed by atoms with Crippen molar-refractivity contribution < 1.29 is 5.11 Å². The lowest BCUT2D eigenvalue weighted by Crippen LogP contribution is -2.22. The van der Waals surface area contributed by atoms with Gasteiger partial charge in [0.1, 0.15) is 0 Å². The SMILES string of the molecule is OCCNCCN=c1cc2n(-c3ccccc3)c3ccccc3nc-2cc1Nc1ccccc1. The second-order valence-electron chi connectivity index (χ2n) is 7.98. The van der Waals surface area contributed by atoms with E-state index in [2.05, 4.69) is 45.5 Å². The van der Waals surface area contributed by atoms with Gasteiger partial charge in [-0.15, -0.1) is 0 Å². The van der Waals surface area contributed by atoms with Crippen molar-refractivity contribution in [1.82, 2.24) is 14.9 Å². The first-order valence-corrected chi connectivity index (χ1v) is 11.5. The second-order valence-corrected chi connectivity index (χ2v) is 7.98. The number of nitrogens with one attached hydrogen (secondary N) is 2. The van der Waals surface area contributed by atoms with E-state index < -0.39 is 0 Å². The Hall–Kier alpha value is -4.00. The van der Waals surface area contributed by atoms with Gasteiger partial charge in [-0.05, 0) is 48.5 Å². The standard InChI is InChI=1S/C28H27N5O/c34-18-17-29-15-16-30-24-20-28-26(19-25(24)31-21-9-3-1-4-10-21)32-23-13-7-8-14-27(23)33(28)22-11-5-2-6-12-22/h1-14,19-20,29,31,34H,15-18H2. The number of nitrogens with zero attached hydrogens (tertiary/aromatic N) is 3. The van der Waals surface area contributed by atoms with Gasteiger partial charge in [0.25, 0.3) is 0 Å². The highest BCUT2D eigenvalue weighted by molar-refractivity contribution is 5.84. The number of hydrogen-bond donors (Lipinski definition) is 3. The molecule has 0 aromatic heterocycles. The van der Waals surface area contributed by atoms with Crippen LogP contribution in [0.4, 0.5) is 11.4 Å². The van der Waals surface area contributed by atoms with Crippen molar-refractivity contribution in [2.24, 2.45) is 4.99 Å². The predicted molar refractivity (Wildman–Crippen MR) is 138 cm³/mol. The third kappa shape index (κ3) is 4.69. The molecule has 6 heteroatoms. The molecule has 1 aliphatic heterocycles. The lowest BCUT2D eigenvalue weighted by molar-refractivity contribution is 0.293. The summed E-state index contributed by atoms with van der Waals surface area (Å²) < 4.78 is 2.24. The van der Waals surface area contributed by atoms with Gasteiger partial charge in [-0.2, -0.15) is 0 Å². The van der Waals surface area contributed by atoms with Crippen LogP contribution >= 0.6 is 0 Å². The van der Waals surface area contributed by atoms with Gasteiger partial charge < -0.3 is 20.3 Å². The fourth-order valence-electron chi connectivity index (χ4n) is 4.06. The summed E-state index contributed by atoms with van der Waals surface area (Å²) in [5, 5.41) is 16.6. The number of benzene rings is 4. The van der Waals surface area contributed by atoms with Gasteiger partial charge in [-0.25, -0.2) is 4.98 Å². The predicted octanol–water partition coefficient (Wildman–Crippen LogP) is 4.36. The minimum atomic E-state index is 0.118. The molecule has 3 aromatic rings. The number of aromatic nitrogens is 2. The molecule has 1 aliphatic carbocycles. The zero-order chi connectivity index (χ0) is 23.2. The average Bonchev–Trinajstić information content (AvgIpc) is 2.88. The molecule has 0 unspecified atom stereocenters. The fourth-order valence-corrected chi connectivity index (χ4v) is 4.06. The summed E-state index contributed by atoms with van der Waals surface area (Å²) in [5.74, 6) is 0. The highest BCUT2D eigenvalue weighted by atomic mass is 16.3. The first-order chi connectivity index (χ1) is 16.8. The van der Waals surface area contributed by atoms with Crippen molar-refractivity contribution in [3.8, 4) is 17.1 Å². The first-order valence-electron chi connectivity index (χ1n) is 11.5. The molecule has 5 rings (SSSR count). The summed E-state index contributed by atoms with van der Waals surface area (Å²) in [4.78, 5) is 9.88. The lowest BCUT2D eigenvalue weighted by atomic mass is 10.1. The van der Waals surface area contributed by atoms with E-state index in [4.69, 9.17) is 15.1 Å². The highest BCUT2D eigenvalue weighted by Gasteiger charge is 2.16. The number of hydrogen-bond acceptors (Lipinski definition) is 5. The third-order valence-corrected chi connectivity index (χ3v) is 5.62. The molecule has 0 fully saturated rings. The van der Waals surface area contributed by atoms with Crippen molar-refractivity contribution in [2.75, 3.05) is 31.6 Å². The molecular formula is C28H27N5O. The quantitative estimate of drug-likeness (QED) is 0.243. The Balaban J connectivity index is 1.71. The van der Waals surface area contributed by atoms with Gasteiger partial charge >= 0.3 is 0 Å². The molecule has 0 spiro atoms. The lowest BCUT2D eigenvalue weighted by Gasteiger charge is -2.20. The molecule has 0 saturated carbocycles. The molecule has 34 heavy (non-hydrogen) atoms. The summed E-state index contributed by atoms with van der Waals surface area (Å²) in [6, 6.07) is 32.8. The van der Waals surface area contributed by atoms with Gasteiger partial charge in [-0.1, -0.05) is 48.5 Å². The number of para-hydroxylation sites is 4. The molecule has 0 amide bonds. The van der Waals surface area contributed by atoms with Crippen LogP contribution in [0.2, 0.25) is 0 Å². The number of aliphatic hydroxyl groups is 1. The average molecular weight is 450 g/mol. The van der Waals surface area contributed by atoms with Gasteiger partial charge in [0.05, 0.1) is 46.6 Å². The van der Waals surface area contributed by atoms with E-state index in [9.17, 15) is 0 Å². The zero-order valence-corrected chi connectivity index (χ0v) is 18.9. The fraction of sp³-hybridized carbons (Fsp3) is 0.143. The number of rotatable bonds is 8. The second kappa shape index (κ2) is 10.3. The van der Waals surface area contributed by atoms with Crippen LogP contribution in [-0.2, 0) is 0 Å². The van der Waals surface area contributed by atoms with Crippen LogP contribution in [0.15, 0.2) is 102 Å². The van der Waals surface area contributed by atoms with E-state index >= 15 is 0 Å². The largest absolute Gasteiger partial charge is 0.395 e. The van der Waals surface area contributed by atoms with Crippen LogP contribution in [0.25, 0.3) is 28.1 Å². The van der Waals surface area contributed by atoms with E-state index in [-0.39, 0.29) is 6.61 Å². The van der Waals surface area contributed by atoms with E-state index in [0.29, 0.717) is 19.6 Å². The summed E-state index contributed by atoms with van der Waals surface area (Å²) in [6.07, 6.45) is 0. The molecule has 0 saturated heterocycles. The van der Waals surface area contributed by atoms with Crippen LogP contribution in [-0.4, -0.2) is 40.9 Å². The Bertz CT molecular complexity index is 1410. The van der Waals surface area contributed by atoms with E-state index in [1.807, 2.05) is 66.7 Å². The van der Waals surface area contributed by atoms with Crippen LogP contribution in [0, 0.1) is 0 Å². The maximum Gasteiger partial charge on any atom is 0.0900 e. The summed E-state index contributed by atoms with van der Waals surface area (Å²) in [7, 11) is 0. The van der Waals surface area contributed by atoms with Crippen LogP contribution in [0.5, 0.6) is 0 Å². The van der Waals surface area contributed by atoms with Gasteiger partial charge in [0.15, 0.2) is 0 Å². The number of aliphatic hydroxyl groups excluding tert-OH is 1. The van der Waals surface area contributed by atoms with Crippen LogP contribution in [0.3, 0.4) is 0 Å². The van der Waals surface area contributed by atoms with Crippen molar-refractivity contribution in [1.29, 1.82) is 0 Å². The monoisotopic (exact) mass is 449 g/mol. The molecular weight excluding hydrogens is 422 g/mol. The van der Waals surface area contributed by atoms with Gasteiger partial charge in [-0.3, -0.25) is 4.99 Å². The maximum absolute atomic E-state index is 9.02. The smallest absolute Gasteiger partial charge is 0.0900 e. The summed E-state index contributed by atoms with van der Waals surface area (Å²) in [6.45, 7) is 1.97. The molecule has 0 bridgehead atoms. The van der Waals surface area contributed by atoms with Crippen molar-refractivity contribution in [3.63, 3.8) is 0 Å². The van der Waals surface area contributed by atoms with Crippen molar-refractivity contribution in [2.45, 2.75) is 0 Å². The van der Waals surface area contributed by atoms with E-state index in [1.165, 1.54) is 0 Å². The Labute approximate surface area is 198 Å². The molecule has 0 atom stereocenters. The summed E-state index contributed by atoms with van der Waals surface area (Å²) in [5.41, 5.74) is 6.83. The molecule has 6 nitrogen and oxygen atoms in total. The van der Waals surface area contributed by atoms with Crippen LogP contribution in [0.1, 0.15) is 0 Å². The maximum atomic E-state index is 9.02. The van der Waals surface area contributed by atoms with E-state index in [0.717, 1.165) is 44.8 Å². The van der Waals surface area contributed by atoms with E-state index in [1.54, 1.807) is 0 Å². The summed E-state index contributed by atoms with van der Waals surface area (Å²) >= 11 is 0. The highest BCUT2D eigenvalue weighted by Crippen LogP contribution is 2.30. The molecule has 170 valence electrons. The molecule has 3 N–H and O–H groups in total. The Kier molecular flexibility index (Phi) is 6.61. The number of anilines is 2. The topological polar surface area (TPSA) is 74.5 Å². The molecule has 2 aliphatic rings. The minimum Gasteiger partial charge on any atom is -0.395 e. The Morgan fingerprint density at radius 3 is 2.35 bits per heavy atom.